The fourth-order valence-electron chi connectivity index (χ4n) is 2.75. The van der Waals surface area contributed by atoms with E-state index in [4.69, 9.17) is 9.84 Å². The van der Waals surface area contributed by atoms with E-state index >= 15 is 0 Å². The number of fused-ring (bicyclic) bond motifs is 1. The summed E-state index contributed by atoms with van der Waals surface area (Å²) >= 11 is 0. The maximum Gasteiger partial charge on any atom is 0.331 e. The standard InChI is InChI=1S/C19H20N2O4/c22-18(23)9-5-2-6-12-25-15-10-11-16-17(13-15)21(19(24)20-16)14-7-3-1-4-8-14/h1,3-4,7-8,10-11,13H,2,5-6,9,12H2,(H,20,24)(H,22,23). The number of aromatic nitrogens is 2. The van der Waals surface area contributed by atoms with Crippen molar-refractivity contribution in [3.63, 3.8) is 0 Å². The number of ether oxygens (including phenoxy) is 1. The molecule has 0 atom stereocenters. The molecule has 0 spiro atoms. The van der Waals surface area contributed by atoms with Crippen molar-refractivity contribution >= 4 is 17.0 Å². The lowest BCUT2D eigenvalue weighted by Gasteiger charge is -2.07. The summed E-state index contributed by atoms with van der Waals surface area (Å²) in [6.07, 6.45) is 2.46. The molecule has 0 amide bonds. The van der Waals surface area contributed by atoms with Crippen LogP contribution in [0.1, 0.15) is 25.7 Å². The largest absolute Gasteiger partial charge is 0.494 e. The second-order valence-electron chi connectivity index (χ2n) is 5.83. The van der Waals surface area contributed by atoms with Gasteiger partial charge >= 0.3 is 11.7 Å². The zero-order valence-electron chi connectivity index (χ0n) is 13.8. The first-order chi connectivity index (χ1) is 12.1. The molecule has 2 N–H and O–H groups in total. The van der Waals surface area contributed by atoms with E-state index in [9.17, 15) is 9.59 Å². The predicted octanol–water partition coefficient (Wildman–Crippen LogP) is 3.34. The molecule has 0 aliphatic rings. The number of carboxylic acid groups (broad SMARTS) is 1. The maximum atomic E-state index is 12.3. The Kier molecular flexibility index (Phi) is 5.18. The molecule has 3 aromatic rings. The maximum absolute atomic E-state index is 12.3. The number of benzene rings is 2. The van der Waals surface area contributed by atoms with Gasteiger partial charge in [-0.15, -0.1) is 0 Å². The van der Waals surface area contributed by atoms with Gasteiger partial charge in [0.25, 0.3) is 0 Å². The van der Waals surface area contributed by atoms with Crippen LogP contribution >= 0.6 is 0 Å². The van der Waals surface area contributed by atoms with E-state index in [0.29, 0.717) is 18.8 Å². The summed E-state index contributed by atoms with van der Waals surface area (Å²) in [6.45, 7) is 0.519. The lowest BCUT2D eigenvalue weighted by atomic mass is 10.2. The number of carbonyl (C=O) groups is 1. The first-order valence-electron chi connectivity index (χ1n) is 8.30. The molecule has 0 aliphatic heterocycles. The van der Waals surface area contributed by atoms with Crippen molar-refractivity contribution in [3.8, 4) is 11.4 Å². The third-order valence-corrected chi connectivity index (χ3v) is 3.97. The number of aliphatic carboxylic acids is 1. The zero-order chi connectivity index (χ0) is 17.6. The molecule has 6 heteroatoms. The van der Waals surface area contributed by atoms with Crippen LogP contribution in [-0.2, 0) is 4.79 Å². The molecule has 6 nitrogen and oxygen atoms in total. The molecule has 0 saturated carbocycles. The third kappa shape index (κ3) is 4.09. The summed E-state index contributed by atoms with van der Waals surface area (Å²) in [4.78, 5) is 25.6. The van der Waals surface area contributed by atoms with Crippen molar-refractivity contribution in [1.82, 2.24) is 9.55 Å². The van der Waals surface area contributed by atoms with Crippen LogP contribution in [0.25, 0.3) is 16.7 Å². The highest BCUT2D eigenvalue weighted by atomic mass is 16.5. The van der Waals surface area contributed by atoms with Crippen LogP contribution in [0.3, 0.4) is 0 Å². The first kappa shape index (κ1) is 16.8. The minimum Gasteiger partial charge on any atom is -0.494 e. The first-order valence-corrected chi connectivity index (χ1v) is 8.30. The molecule has 3 rings (SSSR count). The Hall–Kier alpha value is -3.02. The van der Waals surface area contributed by atoms with Crippen LogP contribution in [0, 0.1) is 0 Å². The molecule has 0 radical (unpaired) electrons. The van der Waals surface area contributed by atoms with E-state index in [1.54, 1.807) is 4.57 Å². The lowest BCUT2D eigenvalue weighted by Crippen LogP contribution is -2.14. The summed E-state index contributed by atoms with van der Waals surface area (Å²) in [5.74, 6) is -0.0767. The van der Waals surface area contributed by atoms with Crippen LogP contribution < -0.4 is 10.4 Å². The van der Waals surface area contributed by atoms with Gasteiger partial charge in [0.15, 0.2) is 0 Å². The van der Waals surface area contributed by atoms with E-state index in [1.165, 1.54) is 0 Å². The van der Waals surface area contributed by atoms with Gasteiger partial charge in [-0.05, 0) is 43.5 Å². The molecule has 0 bridgehead atoms. The topological polar surface area (TPSA) is 84.3 Å². The monoisotopic (exact) mass is 340 g/mol. The van der Waals surface area contributed by atoms with Gasteiger partial charge in [0, 0.05) is 12.5 Å². The minimum absolute atomic E-state index is 0.188. The van der Waals surface area contributed by atoms with Gasteiger partial charge in [-0.1, -0.05) is 18.2 Å². The second kappa shape index (κ2) is 7.70. The molecule has 0 unspecified atom stereocenters. The van der Waals surface area contributed by atoms with Gasteiger partial charge in [0.2, 0.25) is 0 Å². The molecular weight excluding hydrogens is 320 g/mol. The highest BCUT2D eigenvalue weighted by Gasteiger charge is 2.09. The fraction of sp³-hybridized carbons (Fsp3) is 0.263. The number of carboxylic acids is 1. The van der Waals surface area contributed by atoms with E-state index in [1.807, 2.05) is 48.5 Å². The number of hydrogen-bond acceptors (Lipinski definition) is 3. The minimum atomic E-state index is -0.766. The van der Waals surface area contributed by atoms with E-state index in [2.05, 4.69) is 4.98 Å². The number of H-pyrrole nitrogens is 1. The van der Waals surface area contributed by atoms with Crippen molar-refractivity contribution < 1.29 is 14.6 Å². The molecule has 0 saturated heterocycles. The van der Waals surface area contributed by atoms with Crippen LogP contribution in [0.4, 0.5) is 0 Å². The van der Waals surface area contributed by atoms with Gasteiger partial charge < -0.3 is 14.8 Å². The highest BCUT2D eigenvalue weighted by molar-refractivity contribution is 5.79. The van der Waals surface area contributed by atoms with Gasteiger partial charge in [-0.3, -0.25) is 9.36 Å². The number of hydrogen-bond donors (Lipinski definition) is 2. The number of nitrogens with one attached hydrogen (secondary N) is 1. The summed E-state index contributed by atoms with van der Waals surface area (Å²) in [5, 5.41) is 8.61. The number of unbranched alkanes of at least 4 members (excludes halogenated alkanes) is 2. The lowest BCUT2D eigenvalue weighted by molar-refractivity contribution is -0.137. The second-order valence-corrected chi connectivity index (χ2v) is 5.83. The van der Waals surface area contributed by atoms with Gasteiger partial charge in [-0.2, -0.15) is 0 Å². The summed E-state index contributed by atoms with van der Waals surface area (Å²) in [7, 11) is 0. The molecule has 25 heavy (non-hydrogen) atoms. The molecule has 0 aliphatic carbocycles. The number of rotatable bonds is 8. The van der Waals surface area contributed by atoms with Crippen molar-refractivity contribution in [3.05, 3.63) is 59.0 Å². The Morgan fingerprint density at radius 3 is 2.64 bits per heavy atom. The summed E-state index contributed by atoms with van der Waals surface area (Å²) in [6, 6.07) is 14.9. The molecule has 2 aromatic carbocycles. The SMILES string of the molecule is O=C(O)CCCCCOc1ccc2[nH]c(=O)n(-c3ccccc3)c2c1. The van der Waals surface area contributed by atoms with Crippen LogP contribution in [0.2, 0.25) is 0 Å². The van der Waals surface area contributed by atoms with E-state index < -0.39 is 5.97 Å². The Morgan fingerprint density at radius 2 is 1.88 bits per heavy atom. The van der Waals surface area contributed by atoms with Gasteiger partial charge in [-0.25, -0.2) is 4.79 Å². The van der Waals surface area contributed by atoms with E-state index in [-0.39, 0.29) is 12.1 Å². The third-order valence-electron chi connectivity index (χ3n) is 3.97. The highest BCUT2D eigenvalue weighted by Crippen LogP contribution is 2.21. The predicted molar refractivity (Wildman–Crippen MR) is 95.5 cm³/mol. The fourth-order valence-corrected chi connectivity index (χ4v) is 2.75. The smallest absolute Gasteiger partial charge is 0.331 e. The van der Waals surface area contributed by atoms with Crippen molar-refractivity contribution in [2.45, 2.75) is 25.7 Å². The van der Waals surface area contributed by atoms with Gasteiger partial charge in [0.05, 0.1) is 23.3 Å². The Labute approximate surface area is 144 Å². The van der Waals surface area contributed by atoms with Crippen LogP contribution in [0.5, 0.6) is 5.75 Å². The average Bonchev–Trinajstić information content (AvgIpc) is 2.93. The quantitative estimate of drug-likeness (QED) is 0.616. The van der Waals surface area contributed by atoms with Crippen molar-refractivity contribution in [2.24, 2.45) is 0 Å². The average molecular weight is 340 g/mol. The van der Waals surface area contributed by atoms with E-state index in [0.717, 1.165) is 29.6 Å². The molecule has 1 aromatic heterocycles. The Morgan fingerprint density at radius 1 is 1.08 bits per heavy atom. The molecule has 0 fully saturated rings. The van der Waals surface area contributed by atoms with Crippen LogP contribution in [-0.4, -0.2) is 27.2 Å². The van der Waals surface area contributed by atoms with Crippen molar-refractivity contribution in [1.29, 1.82) is 0 Å². The summed E-state index contributed by atoms with van der Waals surface area (Å²) in [5.41, 5.74) is 2.12. The summed E-state index contributed by atoms with van der Waals surface area (Å²) < 4.78 is 7.36. The number of nitrogens with zero attached hydrogens (tertiary/aromatic N) is 1. The Bertz CT molecular complexity index is 912. The number of aromatic amines is 1. The Balaban J connectivity index is 1.71. The number of imidazole rings is 1. The molecule has 1 heterocycles. The zero-order valence-corrected chi connectivity index (χ0v) is 13.8. The number of para-hydroxylation sites is 1. The van der Waals surface area contributed by atoms with Crippen molar-refractivity contribution in [2.75, 3.05) is 6.61 Å². The molecule has 130 valence electrons. The molecular formula is C19H20N2O4. The van der Waals surface area contributed by atoms with Crippen LogP contribution in [0.15, 0.2) is 53.3 Å². The van der Waals surface area contributed by atoms with Gasteiger partial charge in [0.1, 0.15) is 5.75 Å². The normalized spacial score (nSPS) is 10.9.